The highest BCUT2D eigenvalue weighted by Gasteiger charge is 2.07. The van der Waals surface area contributed by atoms with E-state index in [-0.39, 0.29) is 19.1 Å². The lowest BCUT2D eigenvalue weighted by molar-refractivity contribution is 0.102. The van der Waals surface area contributed by atoms with Crippen LogP contribution in [-0.4, -0.2) is 29.2 Å². The number of carbonyl (C=O) groups excluding carboxylic acids is 1. The number of H-pyrrole nitrogens is 1. The van der Waals surface area contributed by atoms with Gasteiger partial charge >= 0.3 is 0 Å². The molecule has 0 aliphatic rings. The van der Waals surface area contributed by atoms with Crippen molar-refractivity contribution >= 4 is 22.5 Å². The Morgan fingerprint density at radius 2 is 1.95 bits per heavy atom. The number of carbonyl (C=O) groups is 1. The van der Waals surface area contributed by atoms with Crippen molar-refractivity contribution in [3.8, 4) is 5.75 Å². The van der Waals surface area contributed by atoms with Crippen molar-refractivity contribution in [3.05, 3.63) is 60.3 Å². The van der Waals surface area contributed by atoms with Crippen LogP contribution in [0.15, 0.2) is 54.7 Å². The number of anilines is 1. The highest BCUT2D eigenvalue weighted by molar-refractivity contribution is 6.06. The number of aliphatic hydroxyl groups excluding tert-OH is 1. The van der Waals surface area contributed by atoms with Gasteiger partial charge in [0.1, 0.15) is 12.4 Å². The van der Waals surface area contributed by atoms with Crippen LogP contribution in [0.25, 0.3) is 10.9 Å². The number of fused-ring (bicyclic) bond motifs is 1. The second-order valence-corrected chi connectivity index (χ2v) is 4.83. The molecule has 0 spiro atoms. The van der Waals surface area contributed by atoms with Gasteiger partial charge in [-0.3, -0.25) is 4.79 Å². The van der Waals surface area contributed by atoms with E-state index >= 15 is 0 Å². The fraction of sp³-hybridized carbons (Fsp3) is 0.118. The number of nitrogens with one attached hydrogen (secondary N) is 2. The minimum atomic E-state index is -0.160. The molecule has 1 aromatic heterocycles. The monoisotopic (exact) mass is 296 g/mol. The van der Waals surface area contributed by atoms with Crippen molar-refractivity contribution in [1.29, 1.82) is 0 Å². The molecular weight excluding hydrogens is 280 g/mol. The SMILES string of the molecule is O=C(Nc1ccc(OCCO)cc1)c1ccc2[nH]ccc2c1. The molecule has 0 bridgehead atoms. The normalized spacial score (nSPS) is 10.6. The molecule has 0 saturated carbocycles. The van der Waals surface area contributed by atoms with Crippen molar-refractivity contribution < 1.29 is 14.6 Å². The topological polar surface area (TPSA) is 74.3 Å². The number of aliphatic hydroxyl groups is 1. The third kappa shape index (κ3) is 3.10. The molecule has 5 heteroatoms. The number of benzene rings is 2. The summed E-state index contributed by atoms with van der Waals surface area (Å²) in [6, 6.07) is 14.5. The third-order valence-corrected chi connectivity index (χ3v) is 3.29. The lowest BCUT2D eigenvalue weighted by Crippen LogP contribution is -2.11. The lowest BCUT2D eigenvalue weighted by atomic mass is 10.1. The number of ether oxygens (including phenoxy) is 1. The van der Waals surface area contributed by atoms with E-state index in [1.807, 2.05) is 24.4 Å². The summed E-state index contributed by atoms with van der Waals surface area (Å²) in [7, 11) is 0. The van der Waals surface area contributed by atoms with E-state index in [2.05, 4.69) is 10.3 Å². The van der Waals surface area contributed by atoms with Crippen molar-refractivity contribution in [2.24, 2.45) is 0 Å². The average molecular weight is 296 g/mol. The first kappa shape index (κ1) is 14.2. The molecule has 1 heterocycles. The molecule has 0 fully saturated rings. The zero-order valence-electron chi connectivity index (χ0n) is 11.9. The van der Waals surface area contributed by atoms with Gasteiger partial charge in [-0.15, -0.1) is 0 Å². The summed E-state index contributed by atoms with van der Waals surface area (Å²) in [6.45, 7) is 0.225. The largest absolute Gasteiger partial charge is 0.491 e. The number of hydrogen-bond acceptors (Lipinski definition) is 3. The van der Waals surface area contributed by atoms with E-state index in [1.54, 1.807) is 30.3 Å². The minimum absolute atomic E-state index is 0.0277. The second-order valence-electron chi connectivity index (χ2n) is 4.83. The summed E-state index contributed by atoms with van der Waals surface area (Å²) in [6.07, 6.45) is 1.84. The van der Waals surface area contributed by atoms with Crippen LogP contribution < -0.4 is 10.1 Å². The fourth-order valence-electron chi connectivity index (χ4n) is 2.20. The second kappa shape index (κ2) is 6.32. The van der Waals surface area contributed by atoms with Crippen LogP contribution >= 0.6 is 0 Å². The van der Waals surface area contributed by atoms with Crippen molar-refractivity contribution in [1.82, 2.24) is 4.98 Å². The maximum Gasteiger partial charge on any atom is 0.255 e. The van der Waals surface area contributed by atoms with Gasteiger partial charge in [-0.2, -0.15) is 0 Å². The molecule has 2 aromatic carbocycles. The number of amides is 1. The van der Waals surface area contributed by atoms with E-state index in [1.165, 1.54) is 0 Å². The molecule has 1 amide bonds. The summed E-state index contributed by atoms with van der Waals surface area (Å²) in [4.78, 5) is 15.3. The first-order valence-electron chi connectivity index (χ1n) is 6.98. The number of hydrogen-bond donors (Lipinski definition) is 3. The van der Waals surface area contributed by atoms with E-state index in [0.717, 1.165) is 10.9 Å². The van der Waals surface area contributed by atoms with Crippen LogP contribution in [-0.2, 0) is 0 Å². The molecule has 0 saturated heterocycles. The molecule has 0 atom stereocenters. The van der Waals surface area contributed by atoms with Gasteiger partial charge < -0.3 is 20.1 Å². The summed E-state index contributed by atoms with van der Waals surface area (Å²) < 4.78 is 5.27. The summed E-state index contributed by atoms with van der Waals surface area (Å²) >= 11 is 0. The molecule has 0 unspecified atom stereocenters. The van der Waals surface area contributed by atoms with E-state index < -0.39 is 0 Å². The summed E-state index contributed by atoms with van der Waals surface area (Å²) in [5.74, 6) is 0.493. The Labute approximate surface area is 127 Å². The standard InChI is InChI=1S/C17H16N2O3/c20-9-10-22-15-4-2-14(3-5-15)19-17(21)13-1-6-16-12(11-13)7-8-18-16/h1-8,11,18,20H,9-10H2,(H,19,21). The Kier molecular flexibility index (Phi) is 4.07. The van der Waals surface area contributed by atoms with Crippen LogP contribution in [0.5, 0.6) is 5.75 Å². The Hall–Kier alpha value is -2.79. The van der Waals surface area contributed by atoms with Gasteiger partial charge in [0.05, 0.1) is 6.61 Å². The van der Waals surface area contributed by atoms with Crippen molar-refractivity contribution in [2.75, 3.05) is 18.5 Å². The number of aromatic nitrogens is 1. The number of rotatable bonds is 5. The molecule has 0 aliphatic heterocycles. The zero-order chi connectivity index (χ0) is 15.4. The lowest BCUT2D eigenvalue weighted by Gasteiger charge is -2.07. The highest BCUT2D eigenvalue weighted by atomic mass is 16.5. The van der Waals surface area contributed by atoms with Gasteiger partial charge in [-0.1, -0.05) is 0 Å². The molecule has 3 rings (SSSR count). The van der Waals surface area contributed by atoms with E-state index in [4.69, 9.17) is 9.84 Å². The molecule has 5 nitrogen and oxygen atoms in total. The van der Waals surface area contributed by atoms with Gasteiger partial charge in [0.25, 0.3) is 5.91 Å². The first-order chi connectivity index (χ1) is 10.8. The Balaban J connectivity index is 1.70. The molecule has 3 N–H and O–H groups in total. The maximum absolute atomic E-state index is 12.3. The predicted molar refractivity (Wildman–Crippen MR) is 85.3 cm³/mol. The molecule has 22 heavy (non-hydrogen) atoms. The predicted octanol–water partition coefficient (Wildman–Crippen LogP) is 2.79. The maximum atomic E-state index is 12.3. The van der Waals surface area contributed by atoms with Crippen LogP contribution in [0.4, 0.5) is 5.69 Å². The first-order valence-corrected chi connectivity index (χ1v) is 6.98. The van der Waals surface area contributed by atoms with Crippen LogP contribution in [0.1, 0.15) is 10.4 Å². The highest BCUT2D eigenvalue weighted by Crippen LogP contribution is 2.18. The van der Waals surface area contributed by atoms with E-state index in [0.29, 0.717) is 17.0 Å². The summed E-state index contributed by atoms with van der Waals surface area (Å²) in [5.41, 5.74) is 2.30. The fourth-order valence-corrected chi connectivity index (χ4v) is 2.20. The van der Waals surface area contributed by atoms with Crippen LogP contribution in [0.2, 0.25) is 0 Å². The van der Waals surface area contributed by atoms with Crippen molar-refractivity contribution in [3.63, 3.8) is 0 Å². The smallest absolute Gasteiger partial charge is 0.255 e. The Morgan fingerprint density at radius 3 is 2.73 bits per heavy atom. The zero-order valence-corrected chi connectivity index (χ0v) is 11.9. The van der Waals surface area contributed by atoms with Gasteiger partial charge in [0.15, 0.2) is 0 Å². The quantitative estimate of drug-likeness (QED) is 0.677. The van der Waals surface area contributed by atoms with Gasteiger partial charge in [0, 0.05) is 28.4 Å². The molecule has 112 valence electrons. The van der Waals surface area contributed by atoms with Gasteiger partial charge in [-0.05, 0) is 48.5 Å². The Bertz CT molecular complexity index is 778. The van der Waals surface area contributed by atoms with Gasteiger partial charge in [0.2, 0.25) is 0 Å². The van der Waals surface area contributed by atoms with Crippen LogP contribution in [0.3, 0.4) is 0 Å². The molecule has 0 aliphatic carbocycles. The molecule has 3 aromatic rings. The van der Waals surface area contributed by atoms with Crippen molar-refractivity contribution in [2.45, 2.75) is 0 Å². The Morgan fingerprint density at radius 1 is 1.14 bits per heavy atom. The molecular formula is C17H16N2O3. The third-order valence-electron chi connectivity index (χ3n) is 3.29. The average Bonchev–Trinajstić information content (AvgIpc) is 3.01. The molecule has 0 radical (unpaired) electrons. The number of aromatic amines is 1. The van der Waals surface area contributed by atoms with E-state index in [9.17, 15) is 4.79 Å². The minimum Gasteiger partial charge on any atom is -0.491 e. The van der Waals surface area contributed by atoms with Crippen LogP contribution in [0, 0.1) is 0 Å². The summed E-state index contributed by atoms with van der Waals surface area (Å²) in [5, 5.41) is 12.5. The van der Waals surface area contributed by atoms with Gasteiger partial charge in [-0.25, -0.2) is 0 Å².